The smallest absolute Gasteiger partial charge is 0.240 e. The molecule has 5 heteroatoms. The SMILES string of the molecule is N#Cc1cccc(C[C@@H](NC(=O)Cc2ccccc2)C(N)=O)c1. The van der Waals surface area contributed by atoms with Gasteiger partial charge < -0.3 is 11.1 Å². The van der Waals surface area contributed by atoms with Crippen LogP contribution in [0.1, 0.15) is 16.7 Å². The molecule has 0 saturated heterocycles. The van der Waals surface area contributed by atoms with Gasteiger partial charge in [-0.1, -0.05) is 42.5 Å². The van der Waals surface area contributed by atoms with E-state index in [1.807, 2.05) is 36.4 Å². The number of amides is 2. The minimum absolute atomic E-state index is 0.183. The van der Waals surface area contributed by atoms with Crippen molar-refractivity contribution in [3.63, 3.8) is 0 Å². The molecule has 116 valence electrons. The number of carbonyl (C=O) groups is 2. The van der Waals surface area contributed by atoms with Gasteiger partial charge in [0.15, 0.2) is 0 Å². The highest BCUT2D eigenvalue weighted by Gasteiger charge is 2.18. The quantitative estimate of drug-likeness (QED) is 0.842. The van der Waals surface area contributed by atoms with Gasteiger partial charge in [0.1, 0.15) is 6.04 Å². The number of hydrogen-bond donors (Lipinski definition) is 2. The Kier molecular flexibility index (Phi) is 5.48. The molecule has 23 heavy (non-hydrogen) atoms. The molecule has 3 N–H and O–H groups in total. The maximum absolute atomic E-state index is 12.1. The summed E-state index contributed by atoms with van der Waals surface area (Å²) < 4.78 is 0. The molecule has 0 radical (unpaired) electrons. The summed E-state index contributed by atoms with van der Waals surface area (Å²) in [5.74, 6) is -0.870. The molecule has 0 spiro atoms. The zero-order chi connectivity index (χ0) is 16.7. The van der Waals surface area contributed by atoms with Gasteiger partial charge in [-0.05, 0) is 23.3 Å². The number of nitrogens with zero attached hydrogens (tertiary/aromatic N) is 1. The topological polar surface area (TPSA) is 96.0 Å². The minimum atomic E-state index is -0.805. The normalized spacial score (nSPS) is 11.3. The lowest BCUT2D eigenvalue weighted by molar-refractivity contribution is -0.127. The van der Waals surface area contributed by atoms with Gasteiger partial charge in [0.25, 0.3) is 0 Å². The van der Waals surface area contributed by atoms with Gasteiger partial charge in [0.05, 0.1) is 18.1 Å². The Balaban J connectivity index is 2.02. The molecule has 0 saturated carbocycles. The number of benzene rings is 2. The van der Waals surface area contributed by atoms with E-state index in [0.717, 1.165) is 11.1 Å². The predicted octanol–water partition coefficient (Wildman–Crippen LogP) is 1.31. The fraction of sp³-hybridized carbons (Fsp3) is 0.167. The average Bonchev–Trinajstić information content (AvgIpc) is 2.55. The fourth-order valence-electron chi connectivity index (χ4n) is 2.25. The number of nitriles is 1. The van der Waals surface area contributed by atoms with Crippen LogP contribution in [-0.2, 0) is 22.4 Å². The maximum atomic E-state index is 12.1. The second-order valence-corrected chi connectivity index (χ2v) is 5.20. The third-order valence-corrected chi connectivity index (χ3v) is 3.38. The molecule has 0 aliphatic rings. The van der Waals surface area contributed by atoms with E-state index < -0.39 is 11.9 Å². The van der Waals surface area contributed by atoms with Crippen LogP contribution in [0.5, 0.6) is 0 Å². The Morgan fingerprint density at radius 3 is 2.43 bits per heavy atom. The van der Waals surface area contributed by atoms with Gasteiger partial charge in [-0.2, -0.15) is 5.26 Å². The van der Waals surface area contributed by atoms with Gasteiger partial charge in [0.2, 0.25) is 11.8 Å². The summed E-state index contributed by atoms with van der Waals surface area (Å²) >= 11 is 0. The zero-order valence-corrected chi connectivity index (χ0v) is 12.5. The molecule has 2 aromatic rings. The Morgan fingerprint density at radius 2 is 1.78 bits per heavy atom. The number of nitrogens with two attached hydrogens (primary N) is 1. The van der Waals surface area contributed by atoms with Crippen LogP contribution >= 0.6 is 0 Å². The van der Waals surface area contributed by atoms with Crippen LogP contribution < -0.4 is 11.1 Å². The molecule has 0 unspecified atom stereocenters. The molecule has 0 aromatic heterocycles. The molecule has 0 aliphatic heterocycles. The van der Waals surface area contributed by atoms with Crippen LogP contribution in [0.4, 0.5) is 0 Å². The molecule has 2 amide bonds. The zero-order valence-electron chi connectivity index (χ0n) is 12.5. The predicted molar refractivity (Wildman–Crippen MR) is 86.1 cm³/mol. The molecule has 0 heterocycles. The first kappa shape index (κ1) is 16.2. The first-order valence-corrected chi connectivity index (χ1v) is 7.20. The van der Waals surface area contributed by atoms with E-state index in [1.54, 1.807) is 24.3 Å². The molecule has 2 rings (SSSR count). The molecule has 2 aromatic carbocycles. The van der Waals surface area contributed by atoms with Crippen LogP contribution in [-0.4, -0.2) is 17.9 Å². The molecular formula is C18H17N3O2. The van der Waals surface area contributed by atoms with Crippen molar-refractivity contribution in [2.45, 2.75) is 18.9 Å². The van der Waals surface area contributed by atoms with Crippen LogP contribution in [0, 0.1) is 11.3 Å². The van der Waals surface area contributed by atoms with Gasteiger partial charge in [-0.25, -0.2) is 0 Å². The maximum Gasteiger partial charge on any atom is 0.240 e. The summed E-state index contributed by atoms with van der Waals surface area (Å²) in [6.45, 7) is 0. The van der Waals surface area contributed by atoms with Crippen molar-refractivity contribution in [2.24, 2.45) is 5.73 Å². The van der Waals surface area contributed by atoms with Crippen molar-refractivity contribution in [1.82, 2.24) is 5.32 Å². The van der Waals surface area contributed by atoms with E-state index in [9.17, 15) is 9.59 Å². The van der Waals surface area contributed by atoms with Crippen molar-refractivity contribution in [3.05, 3.63) is 71.3 Å². The number of hydrogen-bond acceptors (Lipinski definition) is 3. The number of nitrogens with one attached hydrogen (secondary N) is 1. The molecular weight excluding hydrogens is 290 g/mol. The fourth-order valence-corrected chi connectivity index (χ4v) is 2.25. The lowest BCUT2D eigenvalue weighted by atomic mass is 10.0. The highest BCUT2D eigenvalue weighted by Crippen LogP contribution is 2.08. The van der Waals surface area contributed by atoms with Crippen LogP contribution in [0.2, 0.25) is 0 Å². The second kappa shape index (κ2) is 7.76. The monoisotopic (exact) mass is 307 g/mol. The summed E-state index contributed by atoms with van der Waals surface area (Å²) in [6, 6.07) is 17.4. The Hall–Kier alpha value is -3.13. The van der Waals surface area contributed by atoms with E-state index in [0.29, 0.717) is 5.56 Å². The highest BCUT2D eigenvalue weighted by molar-refractivity contribution is 5.87. The number of primary amides is 1. The summed E-state index contributed by atoms with van der Waals surface area (Å²) in [6.07, 6.45) is 0.439. The van der Waals surface area contributed by atoms with Gasteiger partial charge in [0, 0.05) is 6.42 Å². The molecule has 5 nitrogen and oxygen atoms in total. The molecule has 0 bridgehead atoms. The first-order valence-electron chi connectivity index (χ1n) is 7.20. The Morgan fingerprint density at radius 1 is 1.09 bits per heavy atom. The Labute approximate surface area is 134 Å². The third-order valence-electron chi connectivity index (χ3n) is 3.38. The van der Waals surface area contributed by atoms with Gasteiger partial charge in [-0.3, -0.25) is 9.59 Å². The average molecular weight is 307 g/mol. The van der Waals surface area contributed by atoms with Crippen molar-refractivity contribution < 1.29 is 9.59 Å². The second-order valence-electron chi connectivity index (χ2n) is 5.20. The first-order chi connectivity index (χ1) is 11.1. The van der Waals surface area contributed by atoms with Crippen molar-refractivity contribution in [3.8, 4) is 6.07 Å². The summed E-state index contributed by atoms with van der Waals surface area (Å²) in [5.41, 5.74) is 7.51. The summed E-state index contributed by atoms with van der Waals surface area (Å²) in [7, 11) is 0. The molecule has 1 atom stereocenters. The summed E-state index contributed by atoms with van der Waals surface area (Å²) in [5, 5.41) is 11.6. The van der Waals surface area contributed by atoms with E-state index in [2.05, 4.69) is 5.32 Å². The van der Waals surface area contributed by atoms with Crippen molar-refractivity contribution in [1.29, 1.82) is 5.26 Å². The lowest BCUT2D eigenvalue weighted by Crippen LogP contribution is -2.46. The van der Waals surface area contributed by atoms with Crippen molar-refractivity contribution >= 4 is 11.8 Å². The largest absolute Gasteiger partial charge is 0.368 e. The summed E-state index contributed by atoms with van der Waals surface area (Å²) in [4.78, 5) is 23.7. The lowest BCUT2D eigenvalue weighted by Gasteiger charge is -2.16. The van der Waals surface area contributed by atoms with Gasteiger partial charge >= 0.3 is 0 Å². The third kappa shape index (κ3) is 4.97. The standard InChI is InChI=1S/C18H17N3O2/c19-12-15-8-4-7-14(9-15)10-16(18(20)23)21-17(22)11-13-5-2-1-3-6-13/h1-9,16H,10-11H2,(H2,20,23)(H,21,22)/t16-/m1/s1. The highest BCUT2D eigenvalue weighted by atomic mass is 16.2. The van der Waals surface area contributed by atoms with Crippen LogP contribution in [0.15, 0.2) is 54.6 Å². The van der Waals surface area contributed by atoms with Crippen molar-refractivity contribution in [2.75, 3.05) is 0 Å². The van der Waals surface area contributed by atoms with E-state index in [1.165, 1.54) is 0 Å². The van der Waals surface area contributed by atoms with Crippen LogP contribution in [0.3, 0.4) is 0 Å². The minimum Gasteiger partial charge on any atom is -0.368 e. The van der Waals surface area contributed by atoms with E-state index in [-0.39, 0.29) is 18.7 Å². The van der Waals surface area contributed by atoms with Gasteiger partial charge in [-0.15, -0.1) is 0 Å². The molecule has 0 aliphatic carbocycles. The van der Waals surface area contributed by atoms with E-state index in [4.69, 9.17) is 11.0 Å². The number of rotatable bonds is 6. The number of carbonyl (C=O) groups excluding carboxylic acids is 2. The Bertz CT molecular complexity index is 735. The van der Waals surface area contributed by atoms with Crippen LogP contribution in [0.25, 0.3) is 0 Å². The van der Waals surface area contributed by atoms with E-state index >= 15 is 0 Å². The molecule has 0 fully saturated rings.